The molecule has 1 saturated carbocycles. The molecular weight excluding hydrogens is 432 g/mol. The van der Waals surface area contributed by atoms with E-state index in [0.29, 0.717) is 12.6 Å². The second kappa shape index (κ2) is 9.57. The van der Waals surface area contributed by atoms with Crippen molar-refractivity contribution in [2.75, 3.05) is 0 Å². The molecule has 8 heteroatoms. The van der Waals surface area contributed by atoms with Crippen molar-refractivity contribution in [1.82, 2.24) is 30.1 Å². The molecule has 172 valence electrons. The molecule has 0 unspecified atom stereocenters. The molecule has 1 aliphatic carbocycles. The van der Waals surface area contributed by atoms with E-state index in [9.17, 15) is 4.79 Å². The number of nitrogens with one attached hydrogen (secondary N) is 1. The molecule has 0 amide bonds. The maximum Gasteiger partial charge on any atom is 0.252 e. The summed E-state index contributed by atoms with van der Waals surface area (Å²) in [7, 11) is 0. The molecule has 1 atom stereocenters. The first-order chi connectivity index (χ1) is 16.1. The molecule has 5 rings (SSSR count). The Labute approximate surface area is 197 Å². The fourth-order valence-corrected chi connectivity index (χ4v) is 5.81. The number of aryl methyl sites for hydroxylation is 1. The van der Waals surface area contributed by atoms with E-state index in [-0.39, 0.29) is 11.6 Å². The second-order valence-electron chi connectivity index (χ2n) is 8.99. The van der Waals surface area contributed by atoms with Crippen LogP contribution < -0.4 is 5.56 Å². The van der Waals surface area contributed by atoms with E-state index in [4.69, 9.17) is 0 Å². The third kappa shape index (κ3) is 4.50. The van der Waals surface area contributed by atoms with Crippen LogP contribution >= 0.6 is 11.3 Å². The number of pyridine rings is 1. The molecule has 0 saturated heterocycles. The highest BCUT2D eigenvalue weighted by molar-refractivity contribution is 7.09. The van der Waals surface area contributed by atoms with Gasteiger partial charge in [-0.15, -0.1) is 16.4 Å². The fraction of sp³-hybridized carbons (Fsp3) is 0.440. The van der Waals surface area contributed by atoms with Gasteiger partial charge in [-0.2, -0.15) is 0 Å². The molecule has 3 aromatic heterocycles. The summed E-state index contributed by atoms with van der Waals surface area (Å²) in [5.74, 6) is 0.911. The van der Waals surface area contributed by atoms with Gasteiger partial charge in [-0.05, 0) is 65.1 Å². The first-order valence-electron chi connectivity index (χ1n) is 11.8. The second-order valence-corrected chi connectivity index (χ2v) is 10.0. The van der Waals surface area contributed by atoms with Crippen LogP contribution in [-0.2, 0) is 13.1 Å². The summed E-state index contributed by atoms with van der Waals surface area (Å²) in [5.41, 5.74) is 2.73. The summed E-state index contributed by atoms with van der Waals surface area (Å²) >= 11 is 1.74. The Morgan fingerprint density at radius 3 is 2.82 bits per heavy atom. The van der Waals surface area contributed by atoms with Gasteiger partial charge in [0.25, 0.3) is 5.56 Å². The molecule has 0 bridgehead atoms. The monoisotopic (exact) mass is 462 g/mol. The molecule has 1 aromatic carbocycles. The maximum absolute atomic E-state index is 13.1. The number of aromatic amines is 1. The summed E-state index contributed by atoms with van der Waals surface area (Å²) in [6.45, 7) is 5.48. The number of rotatable bonds is 8. The van der Waals surface area contributed by atoms with Crippen molar-refractivity contribution in [2.24, 2.45) is 0 Å². The van der Waals surface area contributed by atoms with Crippen LogP contribution in [0.1, 0.15) is 72.9 Å². The average molecular weight is 463 g/mol. The van der Waals surface area contributed by atoms with Crippen molar-refractivity contribution in [3.05, 3.63) is 74.0 Å². The topological polar surface area (TPSA) is 79.7 Å². The van der Waals surface area contributed by atoms with Crippen LogP contribution in [0.3, 0.4) is 0 Å². The van der Waals surface area contributed by atoms with E-state index >= 15 is 0 Å². The lowest BCUT2D eigenvalue weighted by molar-refractivity contribution is 0.159. The fourth-order valence-electron chi connectivity index (χ4n) is 5.08. The van der Waals surface area contributed by atoms with Gasteiger partial charge in [-0.3, -0.25) is 9.69 Å². The number of aromatic nitrogens is 5. The third-order valence-electron chi connectivity index (χ3n) is 6.79. The van der Waals surface area contributed by atoms with Crippen LogP contribution in [0.15, 0.2) is 46.6 Å². The van der Waals surface area contributed by atoms with E-state index < -0.39 is 0 Å². The minimum absolute atomic E-state index is 0.0234. The van der Waals surface area contributed by atoms with Gasteiger partial charge >= 0.3 is 0 Å². The van der Waals surface area contributed by atoms with Crippen LogP contribution in [0.4, 0.5) is 0 Å². The van der Waals surface area contributed by atoms with Crippen molar-refractivity contribution >= 4 is 22.2 Å². The van der Waals surface area contributed by atoms with Crippen molar-refractivity contribution in [1.29, 1.82) is 0 Å². The molecule has 7 nitrogen and oxygen atoms in total. The predicted octanol–water partition coefficient (Wildman–Crippen LogP) is 5.15. The van der Waals surface area contributed by atoms with E-state index in [1.807, 2.05) is 25.1 Å². The number of fused-ring (bicyclic) bond motifs is 1. The maximum atomic E-state index is 13.1. The van der Waals surface area contributed by atoms with Gasteiger partial charge in [-0.1, -0.05) is 44.0 Å². The number of nitrogens with zero attached hydrogens (tertiary/aromatic N) is 5. The molecule has 0 radical (unpaired) electrons. The van der Waals surface area contributed by atoms with Crippen LogP contribution in [0.5, 0.6) is 0 Å². The molecule has 3 heterocycles. The number of hydrogen-bond acceptors (Lipinski definition) is 6. The summed E-state index contributed by atoms with van der Waals surface area (Å²) in [4.78, 5) is 19.8. The zero-order chi connectivity index (χ0) is 22.8. The van der Waals surface area contributed by atoms with Gasteiger partial charge < -0.3 is 4.98 Å². The largest absolute Gasteiger partial charge is 0.321 e. The van der Waals surface area contributed by atoms with Gasteiger partial charge in [0.05, 0.1) is 17.6 Å². The van der Waals surface area contributed by atoms with Gasteiger partial charge in [-0.25, -0.2) is 4.68 Å². The Morgan fingerprint density at radius 2 is 2.06 bits per heavy atom. The predicted molar refractivity (Wildman–Crippen MR) is 131 cm³/mol. The van der Waals surface area contributed by atoms with Crippen molar-refractivity contribution in [3.63, 3.8) is 0 Å². The molecule has 0 aliphatic heterocycles. The minimum Gasteiger partial charge on any atom is -0.321 e. The third-order valence-corrected chi connectivity index (χ3v) is 7.65. The lowest BCUT2D eigenvalue weighted by Gasteiger charge is -2.30. The Balaban J connectivity index is 1.52. The standard InChI is InChI=1S/C25H30N6OS/c1-3-22(24-27-28-29-31(24)20-10-4-5-11-20)30(16-21-12-7-13-33-21)15-19-14-18-9-6-8-17(2)23(18)26-25(19)32/h6-9,12-14,20,22H,3-5,10-11,15-16H2,1-2H3,(H,26,32)/t22-/m0/s1. The number of hydrogen-bond donors (Lipinski definition) is 1. The summed E-state index contributed by atoms with van der Waals surface area (Å²) in [6, 6.07) is 12.8. The van der Waals surface area contributed by atoms with E-state index in [2.05, 4.69) is 60.6 Å². The first-order valence-corrected chi connectivity index (χ1v) is 12.7. The number of para-hydroxylation sites is 1. The summed E-state index contributed by atoms with van der Waals surface area (Å²) in [5, 5.41) is 16.1. The van der Waals surface area contributed by atoms with Gasteiger partial charge in [0.1, 0.15) is 0 Å². The van der Waals surface area contributed by atoms with E-state index in [0.717, 1.165) is 53.7 Å². The zero-order valence-corrected chi connectivity index (χ0v) is 20.0. The van der Waals surface area contributed by atoms with Crippen molar-refractivity contribution in [3.8, 4) is 0 Å². The van der Waals surface area contributed by atoms with Gasteiger partial charge in [0, 0.05) is 23.5 Å². The molecule has 1 fully saturated rings. The molecule has 1 aliphatic rings. The number of tetrazole rings is 1. The summed E-state index contributed by atoms with van der Waals surface area (Å²) < 4.78 is 2.05. The highest BCUT2D eigenvalue weighted by Crippen LogP contribution is 2.33. The Bertz CT molecular complexity index is 1270. The van der Waals surface area contributed by atoms with Crippen LogP contribution in [0.25, 0.3) is 10.9 Å². The SMILES string of the molecule is CC[C@@H](c1nnnn1C1CCCC1)N(Cc1cccs1)Cc1cc2cccc(C)c2[nH]c1=O. The smallest absolute Gasteiger partial charge is 0.252 e. The molecular formula is C25H30N6OS. The number of H-pyrrole nitrogens is 1. The van der Waals surface area contributed by atoms with Crippen molar-refractivity contribution < 1.29 is 0 Å². The molecule has 4 aromatic rings. The van der Waals surface area contributed by atoms with Gasteiger partial charge in [0.15, 0.2) is 5.82 Å². The highest BCUT2D eigenvalue weighted by Gasteiger charge is 2.29. The van der Waals surface area contributed by atoms with Crippen LogP contribution in [0.2, 0.25) is 0 Å². The molecule has 33 heavy (non-hydrogen) atoms. The highest BCUT2D eigenvalue weighted by atomic mass is 32.1. The number of thiophene rings is 1. The Hall–Kier alpha value is -2.84. The molecule has 0 spiro atoms. The summed E-state index contributed by atoms with van der Waals surface area (Å²) in [6.07, 6.45) is 5.58. The Kier molecular flexibility index (Phi) is 6.37. The Morgan fingerprint density at radius 1 is 1.21 bits per heavy atom. The van der Waals surface area contributed by atoms with E-state index in [1.54, 1.807) is 11.3 Å². The average Bonchev–Trinajstić information content (AvgIpc) is 3.58. The van der Waals surface area contributed by atoms with Crippen LogP contribution in [0, 0.1) is 6.92 Å². The van der Waals surface area contributed by atoms with Crippen molar-refractivity contribution in [2.45, 2.75) is 71.1 Å². The van der Waals surface area contributed by atoms with E-state index in [1.165, 1.54) is 17.7 Å². The lowest BCUT2D eigenvalue weighted by atomic mass is 10.1. The number of benzene rings is 1. The quantitative estimate of drug-likeness (QED) is 0.392. The van der Waals surface area contributed by atoms with Crippen LogP contribution in [-0.4, -0.2) is 30.1 Å². The first kappa shape index (κ1) is 22.0. The lowest BCUT2D eigenvalue weighted by Crippen LogP contribution is -2.32. The zero-order valence-electron chi connectivity index (χ0n) is 19.2. The molecule has 1 N–H and O–H groups in total. The normalized spacial score (nSPS) is 15.6. The minimum atomic E-state index is -0.0294. The van der Waals surface area contributed by atoms with Gasteiger partial charge in [0.2, 0.25) is 0 Å².